The number of hydrogen-bond donors (Lipinski definition) is 0. The van der Waals surface area contributed by atoms with Crippen LogP contribution in [0.25, 0.3) is 0 Å². The molecule has 40 heavy (non-hydrogen) atoms. The first-order chi connectivity index (χ1) is 19.0. The molecule has 1 aromatic rings. The van der Waals surface area contributed by atoms with Crippen LogP contribution in [-0.4, -0.2) is 13.0 Å². The normalized spacial score (nSPS) is 11.6. The fourth-order valence-corrected chi connectivity index (χ4v) is 6.11. The minimum absolute atomic E-state index is 0. The number of rotatable bonds is 29. The van der Waals surface area contributed by atoms with Gasteiger partial charge in [-0.25, -0.2) is 8.42 Å². The second kappa shape index (κ2) is 29.8. The van der Waals surface area contributed by atoms with Crippen molar-refractivity contribution in [3.63, 3.8) is 0 Å². The molecule has 1 rings (SSSR count). The van der Waals surface area contributed by atoms with Crippen molar-refractivity contribution in [1.29, 1.82) is 0 Å². The summed E-state index contributed by atoms with van der Waals surface area (Å²) in [5.41, 5.74) is 1.11. The Bertz CT molecular complexity index is 748. The van der Waals surface area contributed by atoms with Crippen LogP contribution in [0.5, 0.6) is 0 Å². The van der Waals surface area contributed by atoms with E-state index >= 15 is 0 Å². The van der Waals surface area contributed by atoms with E-state index in [9.17, 15) is 13.0 Å². The molecular formula is C35H63KO3S. The molecule has 0 atom stereocenters. The van der Waals surface area contributed by atoms with Crippen LogP contribution < -0.4 is 51.4 Å². The Labute approximate surface area is 293 Å². The molecule has 0 radical (unpaired) electrons. The van der Waals surface area contributed by atoms with Gasteiger partial charge in [-0.2, -0.15) is 0 Å². The van der Waals surface area contributed by atoms with Gasteiger partial charge >= 0.3 is 51.4 Å². The van der Waals surface area contributed by atoms with Gasteiger partial charge in [0.15, 0.2) is 0 Å². The third kappa shape index (κ3) is 26.4. The maximum absolute atomic E-state index is 11.0. The summed E-state index contributed by atoms with van der Waals surface area (Å²) in [5.74, 6) is 0. The van der Waals surface area contributed by atoms with Gasteiger partial charge in [-0.3, -0.25) is 0 Å². The molecule has 0 fully saturated rings. The van der Waals surface area contributed by atoms with Crippen LogP contribution in [0.1, 0.15) is 186 Å². The molecule has 5 heteroatoms. The maximum atomic E-state index is 11.0. The van der Waals surface area contributed by atoms with E-state index in [2.05, 4.69) is 6.92 Å². The Kier molecular flexibility index (Phi) is 30.4. The van der Waals surface area contributed by atoms with Gasteiger partial charge in [0.05, 0.1) is 4.90 Å². The van der Waals surface area contributed by atoms with E-state index in [-0.39, 0.29) is 56.3 Å². The standard InChI is InChI=1S/C35H64O3S.K/c1-2-3-4-5-6-7-8-9-10-11-12-13-14-15-16-17-18-19-20-21-22-23-24-25-26-27-28-29-34-30-32-35(33-31-34)39(36,37)38;/h30-33H,2-29H2,1H3,(H,36,37,38);/q;+1/p-1. The van der Waals surface area contributed by atoms with Crippen molar-refractivity contribution in [2.45, 2.75) is 192 Å². The summed E-state index contributed by atoms with van der Waals surface area (Å²) in [6.45, 7) is 2.29. The van der Waals surface area contributed by atoms with Crippen molar-refractivity contribution in [2.24, 2.45) is 0 Å². The van der Waals surface area contributed by atoms with Gasteiger partial charge in [-0.15, -0.1) is 0 Å². The van der Waals surface area contributed by atoms with Crippen LogP contribution in [0.2, 0.25) is 0 Å². The molecule has 0 heterocycles. The number of benzene rings is 1. The minimum Gasteiger partial charge on any atom is -0.744 e. The second-order valence-electron chi connectivity index (χ2n) is 12.0. The molecule has 0 aliphatic carbocycles. The van der Waals surface area contributed by atoms with E-state index in [0.717, 1.165) is 18.4 Å². The summed E-state index contributed by atoms with van der Waals surface area (Å²) in [4.78, 5) is -0.133. The topological polar surface area (TPSA) is 57.2 Å². The third-order valence-corrected chi connectivity index (χ3v) is 9.13. The number of hydrogen-bond acceptors (Lipinski definition) is 3. The van der Waals surface area contributed by atoms with Gasteiger partial charge in [-0.05, 0) is 30.5 Å². The molecule has 1 aromatic carbocycles. The molecule has 0 aliphatic rings. The summed E-state index contributed by atoms with van der Waals surface area (Å²) in [6.07, 6.45) is 39.0. The van der Waals surface area contributed by atoms with Gasteiger partial charge in [0.1, 0.15) is 10.1 Å². The van der Waals surface area contributed by atoms with Crippen molar-refractivity contribution < 1.29 is 64.4 Å². The van der Waals surface area contributed by atoms with E-state index in [1.54, 1.807) is 12.1 Å². The Balaban J connectivity index is 0.0000152. The van der Waals surface area contributed by atoms with E-state index in [4.69, 9.17) is 0 Å². The van der Waals surface area contributed by atoms with Crippen LogP contribution >= 0.6 is 0 Å². The maximum Gasteiger partial charge on any atom is 1.00 e. The molecule has 0 bridgehead atoms. The summed E-state index contributed by atoms with van der Waals surface area (Å²) in [5, 5.41) is 0. The molecule has 0 N–H and O–H groups in total. The van der Waals surface area contributed by atoms with Crippen molar-refractivity contribution in [2.75, 3.05) is 0 Å². The van der Waals surface area contributed by atoms with Gasteiger partial charge in [0, 0.05) is 0 Å². The Morgan fingerprint density at radius 3 is 0.950 bits per heavy atom. The SMILES string of the molecule is CCCCCCCCCCCCCCCCCCCCCCCCCCCCCc1ccc(S(=O)(=O)[O-])cc1.[K+]. The van der Waals surface area contributed by atoms with Crippen LogP contribution in [0, 0.1) is 0 Å². The van der Waals surface area contributed by atoms with Crippen LogP contribution in [0.3, 0.4) is 0 Å². The largest absolute Gasteiger partial charge is 1.00 e. The molecular weight excluding hydrogens is 540 g/mol. The van der Waals surface area contributed by atoms with Crippen molar-refractivity contribution in [3.8, 4) is 0 Å². The fraction of sp³-hybridized carbons (Fsp3) is 0.829. The van der Waals surface area contributed by atoms with Crippen molar-refractivity contribution >= 4 is 10.1 Å². The zero-order chi connectivity index (χ0) is 28.3. The first kappa shape index (κ1) is 40.8. The quantitative estimate of drug-likeness (QED) is 0.0524. The fourth-order valence-electron chi connectivity index (χ4n) is 5.64. The average molecular weight is 603 g/mol. The zero-order valence-electron chi connectivity index (χ0n) is 26.7. The predicted octanol–water partition coefficient (Wildman–Crippen LogP) is 8.69. The summed E-state index contributed by atoms with van der Waals surface area (Å²) in [7, 11) is -4.33. The van der Waals surface area contributed by atoms with Crippen LogP contribution in [0.4, 0.5) is 0 Å². The smallest absolute Gasteiger partial charge is 0.744 e. The molecule has 0 amide bonds. The van der Waals surface area contributed by atoms with E-state index in [1.807, 2.05) is 0 Å². The molecule has 0 aromatic heterocycles. The van der Waals surface area contributed by atoms with E-state index in [1.165, 1.54) is 179 Å². The van der Waals surface area contributed by atoms with Gasteiger partial charge in [-0.1, -0.05) is 186 Å². The molecule has 0 unspecified atom stereocenters. The third-order valence-electron chi connectivity index (χ3n) is 8.28. The Morgan fingerprint density at radius 2 is 0.700 bits per heavy atom. The van der Waals surface area contributed by atoms with Crippen LogP contribution in [-0.2, 0) is 16.5 Å². The van der Waals surface area contributed by atoms with Crippen LogP contribution in [0.15, 0.2) is 29.2 Å². The molecule has 0 saturated carbocycles. The monoisotopic (exact) mass is 602 g/mol. The molecule has 0 aliphatic heterocycles. The Hall–Kier alpha value is 0.766. The number of aryl methyl sites for hydroxylation is 1. The zero-order valence-corrected chi connectivity index (χ0v) is 30.7. The van der Waals surface area contributed by atoms with E-state index in [0.29, 0.717) is 0 Å². The first-order valence-electron chi connectivity index (χ1n) is 17.1. The summed E-state index contributed by atoms with van der Waals surface area (Å²) >= 11 is 0. The van der Waals surface area contributed by atoms with Gasteiger partial charge in [0.25, 0.3) is 0 Å². The predicted molar refractivity (Wildman–Crippen MR) is 168 cm³/mol. The Morgan fingerprint density at radius 1 is 0.450 bits per heavy atom. The molecule has 3 nitrogen and oxygen atoms in total. The number of unbranched alkanes of at least 4 members (excludes halogenated alkanes) is 26. The second-order valence-corrected chi connectivity index (χ2v) is 13.4. The molecule has 0 saturated heterocycles. The molecule has 228 valence electrons. The molecule has 0 spiro atoms. The van der Waals surface area contributed by atoms with Crippen molar-refractivity contribution in [3.05, 3.63) is 29.8 Å². The van der Waals surface area contributed by atoms with Crippen molar-refractivity contribution in [1.82, 2.24) is 0 Å². The minimum atomic E-state index is -4.33. The average Bonchev–Trinajstić information content (AvgIpc) is 2.92. The van der Waals surface area contributed by atoms with Gasteiger partial charge in [0.2, 0.25) is 0 Å². The summed E-state index contributed by atoms with van der Waals surface area (Å²) in [6, 6.07) is 6.40. The van der Waals surface area contributed by atoms with E-state index < -0.39 is 10.1 Å². The summed E-state index contributed by atoms with van der Waals surface area (Å²) < 4.78 is 32.9. The van der Waals surface area contributed by atoms with Gasteiger partial charge < -0.3 is 4.55 Å². The first-order valence-corrected chi connectivity index (χ1v) is 18.5.